The fraction of sp³-hybridized carbons (Fsp3) is 0.857. The van der Waals surface area contributed by atoms with Crippen molar-refractivity contribution in [3.05, 3.63) is 0 Å². The highest BCUT2D eigenvalue weighted by Crippen LogP contribution is 2.64. The molecule has 126 valence electrons. The molecule has 2 bridgehead atoms. The van der Waals surface area contributed by atoms with Gasteiger partial charge in [0.1, 0.15) is 5.78 Å². The average molecular weight is 396 g/mol. The standard InChI is InChI=1S/C14H22BrNO5S/c1-4-21-12(18)11(15)16-22(19,20)8-14-6-5-9(7-10(14)17)13(14,2)3/h9,11,16H,4-8H2,1-3H3/t9-,11?,14-/m0/s1. The van der Waals surface area contributed by atoms with Crippen molar-refractivity contribution in [2.24, 2.45) is 16.7 Å². The SMILES string of the molecule is CCOC(=O)C(Br)NS(=O)(=O)C[C@@]12CC[C@@H](CC1=O)C2(C)C. The number of alkyl halides is 1. The molecular weight excluding hydrogens is 374 g/mol. The van der Waals surface area contributed by atoms with E-state index in [1.165, 1.54) is 0 Å². The van der Waals surface area contributed by atoms with E-state index >= 15 is 0 Å². The first-order valence-corrected chi connectivity index (χ1v) is 9.96. The van der Waals surface area contributed by atoms with Gasteiger partial charge in [0.05, 0.1) is 12.4 Å². The molecule has 0 aliphatic heterocycles. The number of ether oxygens (including phenoxy) is 1. The zero-order chi connectivity index (χ0) is 16.8. The molecule has 1 unspecified atom stereocenters. The number of carbonyl (C=O) groups excluding carboxylic acids is 2. The van der Waals surface area contributed by atoms with Gasteiger partial charge < -0.3 is 4.74 Å². The molecule has 6 nitrogen and oxygen atoms in total. The Morgan fingerprint density at radius 2 is 2.14 bits per heavy atom. The number of carbonyl (C=O) groups is 2. The van der Waals surface area contributed by atoms with Gasteiger partial charge >= 0.3 is 5.97 Å². The van der Waals surface area contributed by atoms with Gasteiger partial charge in [-0.3, -0.25) is 4.79 Å². The van der Waals surface area contributed by atoms with Gasteiger partial charge in [0.15, 0.2) is 4.95 Å². The molecule has 0 saturated heterocycles. The zero-order valence-corrected chi connectivity index (χ0v) is 15.4. The monoisotopic (exact) mass is 395 g/mol. The Morgan fingerprint density at radius 1 is 1.50 bits per heavy atom. The quantitative estimate of drug-likeness (QED) is 0.418. The maximum absolute atomic E-state index is 12.4. The van der Waals surface area contributed by atoms with Crippen molar-refractivity contribution >= 4 is 37.7 Å². The number of nitrogens with one attached hydrogen (secondary N) is 1. The Morgan fingerprint density at radius 3 is 2.59 bits per heavy atom. The molecule has 2 aliphatic carbocycles. The van der Waals surface area contributed by atoms with Crippen LogP contribution in [-0.4, -0.2) is 37.5 Å². The van der Waals surface area contributed by atoms with Crippen molar-refractivity contribution in [3.8, 4) is 0 Å². The van der Waals surface area contributed by atoms with Gasteiger partial charge in [-0.2, -0.15) is 4.72 Å². The van der Waals surface area contributed by atoms with E-state index in [1.54, 1.807) is 6.92 Å². The summed E-state index contributed by atoms with van der Waals surface area (Å²) in [6.07, 6.45) is 1.93. The Balaban J connectivity index is 2.15. The largest absolute Gasteiger partial charge is 0.464 e. The second-order valence-corrected chi connectivity index (χ2v) is 9.33. The minimum absolute atomic E-state index is 0.0291. The highest BCUT2D eigenvalue weighted by atomic mass is 79.9. The third-order valence-electron chi connectivity index (χ3n) is 5.35. The molecule has 0 aromatic rings. The summed E-state index contributed by atoms with van der Waals surface area (Å²) in [5, 5.41) is 0. The molecule has 8 heteroatoms. The predicted octanol–water partition coefficient (Wildman–Crippen LogP) is 1.59. The number of ketones is 1. The van der Waals surface area contributed by atoms with E-state index in [9.17, 15) is 18.0 Å². The average Bonchev–Trinajstić information content (AvgIpc) is 2.71. The normalized spacial score (nSPS) is 31.3. The van der Waals surface area contributed by atoms with E-state index in [0.717, 1.165) is 6.42 Å². The van der Waals surface area contributed by atoms with Crippen LogP contribution in [0.1, 0.15) is 40.0 Å². The fourth-order valence-electron chi connectivity index (χ4n) is 3.90. The van der Waals surface area contributed by atoms with E-state index in [2.05, 4.69) is 20.7 Å². The number of hydrogen-bond acceptors (Lipinski definition) is 5. The topological polar surface area (TPSA) is 89.5 Å². The van der Waals surface area contributed by atoms with Gasteiger partial charge in [-0.15, -0.1) is 0 Å². The maximum atomic E-state index is 12.4. The molecule has 2 saturated carbocycles. The van der Waals surface area contributed by atoms with E-state index in [1.807, 2.05) is 13.8 Å². The molecular formula is C14H22BrNO5S. The lowest BCUT2D eigenvalue weighted by atomic mass is 9.70. The summed E-state index contributed by atoms with van der Waals surface area (Å²) in [7, 11) is -3.79. The molecule has 22 heavy (non-hydrogen) atoms. The van der Waals surface area contributed by atoms with Gasteiger partial charge in [0.2, 0.25) is 10.0 Å². The lowest BCUT2D eigenvalue weighted by Gasteiger charge is -2.36. The predicted molar refractivity (Wildman–Crippen MR) is 84.8 cm³/mol. The summed E-state index contributed by atoms with van der Waals surface area (Å²) in [6, 6.07) is 0. The van der Waals surface area contributed by atoms with E-state index < -0.39 is 26.4 Å². The first-order valence-electron chi connectivity index (χ1n) is 7.40. The molecule has 0 spiro atoms. The molecule has 0 radical (unpaired) electrons. The van der Waals surface area contributed by atoms with Crippen LogP contribution in [0, 0.1) is 16.7 Å². The molecule has 1 N–H and O–H groups in total. The molecule has 0 heterocycles. The van der Waals surface area contributed by atoms with Crippen molar-refractivity contribution in [2.75, 3.05) is 12.4 Å². The smallest absolute Gasteiger partial charge is 0.335 e. The van der Waals surface area contributed by atoms with Gasteiger partial charge in [0, 0.05) is 11.8 Å². The maximum Gasteiger partial charge on any atom is 0.335 e. The molecule has 3 atom stereocenters. The number of fused-ring (bicyclic) bond motifs is 2. The number of esters is 1. The highest BCUT2D eigenvalue weighted by molar-refractivity contribution is 9.10. The first-order chi connectivity index (χ1) is 10.1. The summed E-state index contributed by atoms with van der Waals surface area (Å²) in [6.45, 7) is 5.76. The van der Waals surface area contributed by atoms with Crippen LogP contribution in [0.5, 0.6) is 0 Å². The fourth-order valence-corrected chi connectivity index (χ4v) is 6.70. The van der Waals surface area contributed by atoms with Crippen molar-refractivity contribution in [1.82, 2.24) is 4.72 Å². The van der Waals surface area contributed by atoms with Crippen LogP contribution in [0.2, 0.25) is 0 Å². The van der Waals surface area contributed by atoms with E-state index in [4.69, 9.17) is 4.74 Å². The number of sulfonamides is 1. The van der Waals surface area contributed by atoms with Crippen LogP contribution < -0.4 is 4.72 Å². The minimum atomic E-state index is -3.79. The van der Waals surface area contributed by atoms with Gasteiger partial charge in [-0.05, 0) is 31.1 Å². The lowest BCUT2D eigenvalue weighted by Crippen LogP contribution is -2.47. The Kier molecular flexibility index (Phi) is 4.77. The van der Waals surface area contributed by atoms with Crippen molar-refractivity contribution in [2.45, 2.75) is 45.0 Å². The summed E-state index contributed by atoms with van der Waals surface area (Å²) >= 11 is 2.97. The van der Waals surface area contributed by atoms with Crippen LogP contribution in [0.25, 0.3) is 0 Å². The van der Waals surface area contributed by atoms with E-state index in [0.29, 0.717) is 12.8 Å². The zero-order valence-electron chi connectivity index (χ0n) is 13.0. The van der Waals surface area contributed by atoms with Crippen LogP contribution in [-0.2, 0) is 24.3 Å². The Bertz CT molecular complexity index is 588. The second kappa shape index (κ2) is 5.87. The number of halogens is 1. The molecule has 0 amide bonds. The molecule has 0 aromatic heterocycles. The summed E-state index contributed by atoms with van der Waals surface area (Å²) in [5.74, 6) is -0.685. The van der Waals surface area contributed by atoms with Crippen LogP contribution >= 0.6 is 15.9 Å². The summed E-state index contributed by atoms with van der Waals surface area (Å²) in [4.78, 5) is 22.8. The van der Waals surface area contributed by atoms with Crippen LogP contribution in [0.4, 0.5) is 0 Å². The van der Waals surface area contributed by atoms with Crippen LogP contribution in [0.15, 0.2) is 0 Å². The Labute approximate surface area is 139 Å². The second-order valence-electron chi connectivity index (χ2n) is 6.66. The van der Waals surface area contributed by atoms with Crippen molar-refractivity contribution < 1.29 is 22.7 Å². The summed E-state index contributed by atoms with van der Waals surface area (Å²) < 4.78 is 31.9. The number of Topliss-reactive ketones (excluding diaryl/α,β-unsaturated/α-hetero) is 1. The minimum Gasteiger partial charge on any atom is -0.464 e. The van der Waals surface area contributed by atoms with Gasteiger partial charge in [0.25, 0.3) is 0 Å². The third kappa shape index (κ3) is 2.85. The number of hydrogen-bond donors (Lipinski definition) is 1. The lowest BCUT2D eigenvalue weighted by molar-refractivity contribution is -0.142. The van der Waals surface area contributed by atoms with Crippen molar-refractivity contribution in [3.63, 3.8) is 0 Å². The molecule has 0 aromatic carbocycles. The van der Waals surface area contributed by atoms with Gasteiger partial charge in [-0.1, -0.05) is 29.8 Å². The number of rotatable bonds is 6. The van der Waals surface area contributed by atoms with Crippen LogP contribution in [0.3, 0.4) is 0 Å². The molecule has 2 aliphatic rings. The highest BCUT2D eigenvalue weighted by Gasteiger charge is 2.65. The molecule has 2 rings (SSSR count). The van der Waals surface area contributed by atoms with Gasteiger partial charge in [-0.25, -0.2) is 13.2 Å². The Hall–Kier alpha value is -0.470. The third-order valence-corrected chi connectivity index (χ3v) is 7.73. The van der Waals surface area contributed by atoms with Crippen molar-refractivity contribution in [1.29, 1.82) is 0 Å². The molecule has 2 fully saturated rings. The first kappa shape index (κ1) is 17.9. The summed E-state index contributed by atoms with van der Waals surface area (Å²) in [5.41, 5.74) is -1.17. The van der Waals surface area contributed by atoms with E-state index in [-0.39, 0.29) is 29.5 Å².